The van der Waals surface area contributed by atoms with Gasteiger partial charge in [0, 0.05) is 18.4 Å². The Balaban J connectivity index is 1.54. The Hall–Kier alpha value is -3.84. The molecule has 1 heteroatoms. The van der Waals surface area contributed by atoms with Crippen LogP contribution in [0.4, 0.5) is 11.4 Å². The fourth-order valence-electron chi connectivity index (χ4n) is 5.29. The van der Waals surface area contributed by atoms with Crippen molar-refractivity contribution in [3.63, 3.8) is 0 Å². The average molecular weight is 381 g/mol. The highest BCUT2D eigenvalue weighted by atomic mass is 15.1. The van der Waals surface area contributed by atoms with Crippen molar-refractivity contribution in [1.82, 2.24) is 0 Å². The maximum absolute atomic E-state index is 2.39. The first-order valence-electron chi connectivity index (χ1n) is 10.4. The lowest BCUT2D eigenvalue weighted by Gasteiger charge is -2.20. The molecular weight excluding hydrogens is 362 g/mol. The summed E-state index contributed by atoms with van der Waals surface area (Å²) in [4.78, 5) is 2.26. The zero-order chi connectivity index (χ0) is 19.8. The molecule has 0 spiro atoms. The number of benzene rings is 6. The molecule has 140 valence electrons. The van der Waals surface area contributed by atoms with E-state index in [9.17, 15) is 0 Å². The van der Waals surface area contributed by atoms with Gasteiger partial charge in [0.1, 0.15) is 0 Å². The second-order valence-electron chi connectivity index (χ2n) is 8.28. The Morgan fingerprint density at radius 2 is 1.17 bits per heavy atom. The van der Waals surface area contributed by atoms with E-state index in [0.717, 1.165) is 0 Å². The van der Waals surface area contributed by atoms with Crippen molar-refractivity contribution in [3.05, 3.63) is 97.1 Å². The molecule has 30 heavy (non-hydrogen) atoms. The zero-order valence-corrected chi connectivity index (χ0v) is 16.7. The van der Waals surface area contributed by atoms with E-state index in [2.05, 4.69) is 109 Å². The smallest absolute Gasteiger partial charge is 0.0414 e. The predicted octanol–water partition coefficient (Wildman–Crippen LogP) is 8.00. The molecule has 0 fully saturated rings. The highest BCUT2D eigenvalue weighted by Gasteiger charge is 2.25. The van der Waals surface area contributed by atoms with E-state index < -0.39 is 0 Å². The molecule has 6 aromatic rings. The minimum absolute atomic E-state index is 1.20. The van der Waals surface area contributed by atoms with Crippen molar-refractivity contribution in [2.24, 2.45) is 0 Å². The molecule has 0 amide bonds. The molecule has 0 unspecified atom stereocenters. The van der Waals surface area contributed by atoms with Crippen LogP contribution in [0.2, 0.25) is 0 Å². The van der Waals surface area contributed by atoms with Gasteiger partial charge in [0.25, 0.3) is 0 Å². The summed E-state index contributed by atoms with van der Waals surface area (Å²) >= 11 is 0. The molecule has 1 aliphatic rings. The van der Waals surface area contributed by atoms with Crippen molar-refractivity contribution in [3.8, 4) is 22.3 Å². The van der Waals surface area contributed by atoms with Crippen LogP contribution in [-0.4, -0.2) is 7.05 Å². The van der Waals surface area contributed by atoms with Gasteiger partial charge < -0.3 is 4.90 Å². The van der Waals surface area contributed by atoms with Gasteiger partial charge in [-0.3, -0.25) is 0 Å². The van der Waals surface area contributed by atoms with Crippen LogP contribution < -0.4 is 4.90 Å². The lowest BCUT2D eigenvalue weighted by atomic mass is 9.91. The molecular formula is C29H19N. The lowest BCUT2D eigenvalue weighted by molar-refractivity contribution is 1.21. The van der Waals surface area contributed by atoms with E-state index in [1.165, 1.54) is 65.9 Å². The van der Waals surface area contributed by atoms with Crippen LogP contribution in [0.25, 0.3) is 54.6 Å². The first-order valence-corrected chi connectivity index (χ1v) is 10.4. The predicted molar refractivity (Wildman–Crippen MR) is 129 cm³/mol. The van der Waals surface area contributed by atoms with Gasteiger partial charge in [-0.25, -0.2) is 0 Å². The average Bonchev–Trinajstić information content (AvgIpc) is 3.13. The van der Waals surface area contributed by atoms with E-state index in [-0.39, 0.29) is 0 Å². The summed E-state index contributed by atoms with van der Waals surface area (Å²) in [5.74, 6) is 0. The number of hydrogen-bond donors (Lipinski definition) is 0. The van der Waals surface area contributed by atoms with Crippen LogP contribution in [0.15, 0.2) is 97.1 Å². The van der Waals surface area contributed by atoms with Crippen molar-refractivity contribution in [2.45, 2.75) is 0 Å². The standard InChI is InChI=1S/C29H19N/c1-30(21-8-3-2-4-9-21)22-13-15-23-24-14-12-19-11-10-18-6-5-7-20-16-26(25(23)17-22)29(24)28(19)27(18)20/h2-17H,1H3. The largest absolute Gasteiger partial charge is 0.345 e. The number of rotatable bonds is 2. The van der Waals surface area contributed by atoms with Crippen LogP contribution in [0.3, 0.4) is 0 Å². The third-order valence-electron chi connectivity index (χ3n) is 6.74. The van der Waals surface area contributed by atoms with E-state index in [0.29, 0.717) is 0 Å². The van der Waals surface area contributed by atoms with Gasteiger partial charge in [-0.1, -0.05) is 66.7 Å². The number of fused-ring (bicyclic) bond motifs is 3. The van der Waals surface area contributed by atoms with E-state index >= 15 is 0 Å². The quantitative estimate of drug-likeness (QED) is 0.274. The Bertz CT molecular complexity index is 1590. The minimum Gasteiger partial charge on any atom is -0.345 e. The van der Waals surface area contributed by atoms with Crippen LogP contribution in [0.1, 0.15) is 0 Å². The molecule has 0 saturated carbocycles. The maximum atomic E-state index is 2.39. The van der Waals surface area contributed by atoms with E-state index in [4.69, 9.17) is 0 Å². The first kappa shape index (κ1) is 16.0. The second kappa shape index (κ2) is 5.61. The molecule has 1 aliphatic carbocycles. The Morgan fingerprint density at radius 1 is 0.433 bits per heavy atom. The van der Waals surface area contributed by atoms with Crippen molar-refractivity contribution in [1.29, 1.82) is 0 Å². The van der Waals surface area contributed by atoms with Crippen LogP contribution in [0.5, 0.6) is 0 Å². The fraction of sp³-hybridized carbons (Fsp3) is 0.0345. The Morgan fingerprint density at radius 3 is 2.03 bits per heavy atom. The van der Waals surface area contributed by atoms with Crippen LogP contribution >= 0.6 is 0 Å². The summed E-state index contributed by atoms with van der Waals surface area (Å²) in [5.41, 5.74) is 7.81. The van der Waals surface area contributed by atoms with Crippen molar-refractivity contribution >= 4 is 43.7 Å². The maximum Gasteiger partial charge on any atom is 0.0414 e. The Kier molecular flexibility index (Phi) is 2.99. The number of hydrogen-bond acceptors (Lipinski definition) is 1. The van der Waals surface area contributed by atoms with Crippen molar-refractivity contribution < 1.29 is 0 Å². The molecule has 0 heterocycles. The first-order chi connectivity index (χ1) is 14.8. The molecule has 1 nitrogen and oxygen atoms in total. The highest BCUT2D eigenvalue weighted by molar-refractivity contribution is 6.31. The summed E-state index contributed by atoms with van der Waals surface area (Å²) < 4.78 is 0. The topological polar surface area (TPSA) is 3.24 Å². The molecule has 0 aromatic heterocycles. The van der Waals surface area contributed by atoms with Crippen molar-refractivity contribution in [2.75, 3.05) is 11.9 Å². The lowest BCUT2D eigenvalue weighted by Crippen LogP contribution is -2.09. The van der Waals surface area contributed by atoms with Gasteiger partial charge in [0.15, 0.2) is 0 Å². The van der Waals surface area contributed by atoms with Crippen LogP contribution in [0, 0.1) is 0 Å². The second-order valence-corrected chi connectivity index (χ2v) is 8.28. The summed E-state index contributed by atoms with van der Waals surface area (Å²) in [6, 6.07) is 35.6. The van der Waals surface area contributed by atoms with Gasteiger partial charge in [-0.2, -0.15) is 0 Å². The molecule has 0 N–H and O–H groups in total. The van der Waals surface area contributed by atoms with E-state index in [1.807, 2.05) is 0 Å². The molecule has 7 rings (SSSR count). The van der Waals surface area contributed by atoms with Gasteiger partial charge in [-0.05, 0) is 84.9 Å². The molecule has 0 atom stereocenters. The fourth-order valence-corrected chi connectivity index (χ4v) is 5.29. The third kappa shape index (κ3) is 1.97. The number of anilines is 2. The van der Waals surface area contributed by atoms with E-state index in [1.54, 1.807) is 0 Å². The van der Waals surface area contributed by atoms with Gasteiger partial charge >= 0.3 is 0 Å². The monoisotopic (exact) mass is 381 g/mol. The number of nitrogens with zero attached hydrogens (tertiary/aromatic N) is 1. The third-order valence-corrected chi connectivity index (χ3v) is 6.74. The zero-order valence-electron chi connectivity index (χ0n) is 16.7. The molecule has 6 aromatic carbocycles. The van der Waals surface area contributed by atoms with Gasteiger partial charge in [0.05, 0.1) is 0 Å². The molecule has 0 bridgehead atoms. The minimum atomic E-state index is 1.20. The van der Waals surface area contributed by atoms with Crippen LogP contribution in [-0.2, 0) is 0 Å². The molecule has 0 aliphatic heterocycles. The highest BCUT2D eigenvalue weighted by Crippen LogP contribution is 2.52. The summed E-state index contributed by atoms with van der Waals surface area (Å²) in [7, 11) is 2.14. The Labute approximate surface area is 175 Å². The normalized spacial score (nSPS) is 12.2. The summed E-state index contributed by atoms with van der Waals surface area (Å²) in [6.07, 6.45) is 0. The van der Waals surface area contributed by atoms with Gasteiger partial charge in [-0.15, -0.1) is 0 Å². The number of para-hydroxylation sites is 1. The summed E-state index contributed by atoms with van der Waals surface area (Å²) in [5, 5.41) is 8.19. The molecule has 0 saturated heterocycles. The molecule has 0 radical (unpaired) electrons. The summed E-state index contributed by atoms with van der Waals surface area (Å²) in [6.45, 7) is 0. The SMILES string of the molecule is CN(c1ccccc1)c1ccc2c(c1)-c1cc3cccc4ccc5ccc-2c1c5c43. The van der Waals surface area contributed by atoms with Gasteiger partial charge in [0.2, 0.25) is 0 Å².